The second-order valence-corrected chi connectivity index (χ2v) is 5.68. The molecule has 0 aromatic heterocycles. The van der Waals surface area contributed by atoms with Crippen molar-refractivity contribution in [2.45, 2.75) is 20.3 Å². The van der Waals surface area contributed by atoms with E-state index in [0.29, 0.717) is 30.7 Å². The topological polar surface area (TPSA) is 66.0 Å². The molecule has 1 aromatic rings. The van der Waals surface area contributed by atoms with E-state index in [0.717, 1.165) is 18.7 Å². The average molecular weight is 355 g/mol. The molecule has 0 aliphatic heterocycles. The maximum Gasteiger partial charge on any atom is 0.241 e. The van der Waals surface area contributed by atoms with Gasteiger partial charge in [0.2, 0.25) is 5.91 Å². The van der Waals surface area contributed by atoms with Crippen LogP contribution in [-0.2, 0) is 4.79 Å². The molecule has 0 unspecified atom stereocenters. The molecule has 0 spiro atoms. The lowest BCUT2D eigenvalue weighted by Crippen LogP contribution is -2.41. The molecule has 134 valence electrons. The van der Waals surface area contributed by atoms with Gasteiger partial charge in [0.05, 0.1) is 6.54 Å². The number of guanidine groups is 1. The first kappa shape index (κ1) is 20.1. The second kappa shape index (κ2) is 11.6. The summed E-state index contributed by atoms with van der Waals surface area (Å²) in [5.74, 6) is 1.38. The van der Waals surface area contributed by atoms with Crippen molar-refractivity contribution in [1.82, 2.24) is 15.5 Å². The van der Waals surface area contributed by atoms with E-state index in [2.05, 4.69) is 15.6 Å². The van der Waals surface area contributed by atoms with Gasteiger partial charge in [0.1, 0.15) is 18.9 Å². The lowest BCUT2D eigenvalue weighted by atomic mass is 10.3. The minimum Gasteiger partial charge on any atom is -0.492 e. The first-order valence-electron chi connectivity index (χ1n) is 8.21. The van der Waals surface area contributed by atoms with Crippen LogP contribution in [0.3, 0.4) is 0 Å². The number of nitrogens with zero attached hydrogens (tertiary/aromatic N) is 2. The molecule has 1 aromatic carbocycles. The number of likely N-dealkylation sites (N-methyl/N-ethyl adjacent to an activating group) is 1. The predicted octanol–water partition coefficient (Wildman–Crippen LogP) is 2.14. The molecular formula is C17H27ClN4O2. The van der Waals surface area contributed by atoms with E-state index in [1.165, 1.54) is 0 Å². The van der Waals surface area contributed by atoms with Gasteiger partial charge in [0.15, 0.2) is 5.96 Å². The number of amides is 1. The minimum atomic E-state index is -0.0712. The van der Waals surface area contributed by atoms with E-state index in [1.54, 1.807) is 12.1 Å². The zero-order valence-corrected chi connectivity index (χ0v) is 15.4. The van der Waals surface area contributed by atoms with Crippen molar-refractivity contribution in [1.29, 1.82) is 0 Å². The van der Waals surface area contributed by atoms with Gasteiger partial charge >= 0.3 is 0 Å². The fourth-order valence-corrected chi connectivity index (χ4v) is 2.00. The van der Waals surface area contributed by atoms with Crippen molar-refractivity contribution in [3.63, 3.8) is 0 Å². The molecule has 1 rings (SSSR count). The summed E-state index contributed by atoms with van der Waals surface area (Å²) in [4.78, 5) is 17.9. The third-order valence-corrected chi connectivity index (χ3v) is 3.40. The molecule has 0 heterocycles. The van der Waals surface area contributed by atoms with E-state index in [4.69, 9.17) is 16.3 Å². The van der Waals surface area contributed by atoms with E-state index >= 15 is 0 Å². The quantitative estimate of drug-likeness (QED) is 0.526. The average Bonchev–Trinajstić information content (AvgIpc) is 2.58. The lowest BCUT2D eigenvalue weighted by molar-refractivity contribution is -0.119. The molecule has 0 aliphatic carbocycles. The summed E-state index contributed by atoms with van der Waals surface area (Å²) < 4.78 is 5.68. The van der Waals surface area contributed by atoms with Gasteiger partial charge < -0.3 is 20.3 Å². The zero-order chi connectivity index (χ0) is 17.8. The SMILES string of the molecule is CCCNC(=O)CN=C(NCC)N(C)CCOc1ccc(Cl)cc1. The van der Waals surface area contributed by atoms with Crippen LogP contribution in [0.5, 0.6) is 5.75 Å². The van der Waals surface area contributed by atoms with Gasteiger partial charge in [0.25, 0.3) is 0 Å². The van der Waals surface area contributed by atoms with Crippen LogP contribution in [0.25, 0.3) is 0 Å². The molecule has 24 heavy (non-hydrogen) atoms. The number of aliphatic imine (C=N–C) groups is 1. The number of halogens is 1. The molecular weight excluding hydrogens is 328 g/mol. The standard InChI is InChI=1S/C17H27ClN4O2/c1-4-10-20-16(23)13-21-17(19-5-2)22(3)11-12-24-15-8-6-14(18)7-9-15/h6-9H,4-5,10-13H2,1-3H3,(H,19,21)(H,20,23). The highest BCUT2D eigenvalue weighted by molar-refractivity contribution is 6.30. The summed E-state index contributed by atoms with van der Waals surface area (Å²) in [5, 5.41) is 6.67. The van der Waals surface area contributed by atoms with Crippen molar-refractivity contribution < 1.29 is 9.53 Å². The Morgan fingerprint density at radius 2 is 1.96 bits per heavy atom. The highest BCUT2D eigenvalue weighted by atomic mass is 35.5. The summed E-state index contributed by atoms with van der Waals surface area (Å²) in [7, 11) is 1.91. The van der Waals surface area contributed by atoms with Crippen LogP contribution in [0.1, 0.15) is 20.3 Å². The summed E-state index contributed by atoms with van der Waals surface area (Å²) in [6.07, 6.45) is 0.914. The molecule has 0 bridgehead atoms. The molecule has 0 saturated carbocycles. The summed E-state index contributed by atoms with van der Waals surface area (Å²) in [6.45, 7) is 6.68. The number of carbonyl (C=O) groups is 1. The van der Waals surface area contributed by atoms with Gasteiger partial charge in [-0.2, -0.15) is 0 Å². The Labute approximate surface area is 149 Å². The fraction of sp³-hybridized carbons (Fsp3) is 0.529. The molecule has 0 radical (unpaired) electrons. The molecule has 0 atom stereocenters. The van der Waals surface area contributed by atoms with E-state index in [9.17, 15) is 4.79 Å². The van der Waals surface area contributed by atoms with Crippen molar-refractivity contribution in [2.75, 3.05) is 39.8 Å². The van der Waals surface area contributed by atoms with Gasteiger partial charge in [-0.3, -0.25) is 4.79 Å². The van der Waals surface area contributed by atoms with E-state index < -0.39 is 0 Å². The second-order valence-electron chi connectivity index (χ2n) is 5.24. The van der Waals surface area contributed by atoms with Gasteiger partial charge in [-0.15, -0.1) is 0 Å². The summed E-state index contributed by atoms with van der Waals surface area (Å²) in [6, 6.07) is 7.25. The Hall–Kier alpha value is -1.95. The lowest BCUT2D eigenvalue weighted by Gasteiger charge is -2.22. The Kier molecular flexibility index (Phi) is 9.68. The van der Waals surface area contributed by atoms with Crippen LogP contribution >= 0.6 is 11.6 Å². The van der Waals surface area contributed by atoms with Crippen LogP contribution in [0, 0.1) is 0 Å². The maximum absolute atomic E-state index is 11.7. The number of ether oxygens (including phenoxy) is 1. The molecule has 7 heteroatoms. The first-order chi connectivity index (χ1) is 11.6. The van der Waals surface area contributed by atoms with Gasteiger partial charge in [0, 0.05) is 25.2 Å². The van der Waals surface area contributed by atoms with E-state index in [1.807, 2.05) is 37.9 Å². The maximum atomic E-state index is 11.7. The highest BCUT2D eigenvalue weighted by Crippen LogP contribution is 2.15. The van der Waals surface area contributed by atoms with Crippen molar-refractivity contribution in [3.8, 4) is 5.75 Å². The third kappa shape index (κ3) is 8.06. The molecule has 1 amide bonds. The van der Waals surface area contributed by atoms with Crippen molar-refractivity contribution >= 4 is 23.5 Å². The number of hydrogen-bond donors (Lipinski definition) is 2. The van der Waals surface area contributed by atoms with Crippen LogP contribution in [0.15, 0.2) is 29.3 Å². The number of carbonyl (C=O) groups excluding carboxylic acids is 1. The Bertz CT molecular complexity index is 520. The number of rotatable bonds is 9. The highest BCUT2D eigenvalue weighted by Gasteiger charge is 2.07. The molecule has 6 nitrogen and oxygen atoms in total. The summed E-state index contributed by atoms with van der Waals surface area (Å²) >= 11 is 5.84. The Balaban J connectivity index is 2.45. The largest absolute Gasteiger partial charge is 0.492 e. The van der Waals surface area contributed by atoms with Crippen LogP contribution in [-0.4, -0.2) is 56.6 Å². The van der Waals surface area contributed by atoms with E-state index in [-0.39, 0.29) is 12.5 Å². The Morgan fingerprint density at radius 3 is 2.58 bits per heavy atom. The number of nitrogens with one attached hydrogen (secondary N) is 2. The van der Waals surface area contributed by atoms with Crippen LogP contribution < -0.4 is 15.4 Å². The Morgan fingerprint density at radius 1 is 1.25 bits per heavy atom. The monoisotopic (exact) mass is 354 g/mol. The normalized spacial score (nSPS) is 11.1. The fourth-order valence-electron chi connectivity index (χ4n) is 1.87. The minimum absolute atomic E-state index is 0.0712. The third-order valence-electron chi connectivity index (χ3n) is 3.15. The number of benzene rings is 1. The predicted molar refractivity (Wildman–Crippen MR) is 98.9 cm³/mol. The molecule has 2 N–H and O–H groups in total. The smallest absolute Gasteiger partial charge is 0.241 e. The number of hydrogen-bond acceptors (Lipinski definition) is 3. The van der Waals surface area contributed by atoms with Crippen LogP contribution in [0.2, 0.25) is 5.02 Å². The zero-order valence-electron chi connectivity index (χ0n) is 14.6. The van der Waals surface area contributed by atoms with Crippen molar-refractivity contribution in [3.05, 3.63) is 29.3 Å². The van der Waals surface area contributed by atoms with Crippen LogP contribution in [0.4, 0.5) is 0 Å². The molecule has 0 aliphatic rings. The van der Waals surface area contributed by atoms with Gasteiger partial charge in [-0.25, -0.2) is 4.99 Å². The first-order valence-corrected chi connectivity index (χ1v) is 8.59. The van der Waals surface area contributed by atoms with Gasteiger partial charge in [-0.05, 0) is 37.6 Å². The van der Waals surface area contributed by atoms with Gasteiger partial charge in [-0.1, -0.05) is 18.5 Å². The summed E-state index contributed by atoms with van der Waals surface area (Å²) in [5.41, 5.74) is 0. The van der Waals surface area contributed by atoms with Crippen molar-refractivity contribution in [2.24, 2.45) is 4.99 Å². The molecule has 0 saturated heterocycles. The molecule has 0 fully saturated rings.